The van der Waals surface area contributed by atoms with Crippen LogP contribution in [0.15, 0.2) is 35.1 Å². The number of halogens is 1. The molecule has 0 saturated carbocycles. The third-order valence-electron chi connectivity index (χ3n) is 2.37. The van der Waals surface area contributed by atoms with Crippen LogP contribution in [0, 0.1) is 5.41 Å². The molecule has 0 unspecified atom stereocenters. The van der Waals surface area contributed by atoms with Gasteiger partial charge < -0.3 is 16.0 Å². The number of hydrogen-bond donors (Lipinski definition) is 3. The molecule has 6 nitrogen and oxygen atoms in total. The van der Waals surface area contributed by atoms with Crippen LogP contribution < -0.4 is 10.6 Å². The zero-order valence-corrected chi connectivity index (χ0v) is 12.2. The second-order valence-corrected chi connectivity index (χ2v) is 4.77. The lowest BCUT2D eigenvalue weighted by Crippen LogP contribution is -2.08. The number of amides is 1. The number of carbonyl (C=O) groups is 1. The number of anilines is 3. The molecule has 2 aromatic rings. The predicted octanol–water partition coefficient (Wildman–Crippen LogP) is 2.94. The number of carbonyl (C=O) groups excluding carboxylic acids is 1. The van der Waals surface area contributed by atoms with Gasteiger partial charge in [0.1, 0.15) is 16.2 Å². The monoisotopic (exact) mass is 333 g/mol. The maximum absolute atomic E-state index is 11.0. The molecule has 1 amide bonds. The number of hydrogen-bond acceptors (Lipinski definition) is 5. The van der Waals surface area contributed by atoms with E-state index in [1.165, 1.54) is 19.3 Å². The van der Waals surface area contributed by atoms with Crippen LogP contribution >= 0.6 is 15.9 Å². The Balaban J connectivity index is 2.33. The number of nitrogens with one attached hydrogen (secondary N) is 3. The maximum Gasteiger partial charge on any atom is 0.222 e. The summed E-state index contributed by atoms with van der Waals surface area (Å²) in [4.78, 5) is 19.4. The second kappa shape index (κ2) is 6.25. The fourth-order valence-corrected chi connectivity index (χ4v) is 1.90. The van der Waals surface area contributed by atoms with Crippen LogP contribution in [-0.4, -0.2) is 22.1 Å². The van der Waals surface area contributed by atoms with Gasteiger partial charge in [0.15, 0.2) is 0 Å². The summed E-state index contributed by atoms with van der Waals surface area (Å²) in [5.74, 6) is 0.842. The first kappa shape index (κ1) is 14.1. The molecule has 0 aliphatic rings. The molecule has 0 aliphatic carbocycles. The van der Waals surface area contributed by atoms with Crippen molar-refractivity contribution in [3.8, 4) is 0 Å². The largest absolute Gasteiger partial charge is 0.340 e. The van der Waals surface area contributed by atoms with Crippen molar-refractivity contribution in [1.29, 1.82) is 5.41 Å². The van der Waals surface area contributed by atoms with E-state index in [4.69, 9.17) is 5.41 Å². The molecular formula is C13H12BrN5O. The molecule has 0 fully saturated rings. The summed E-state index contributed by atoms with van der Waals surface area (Å²) in [5, 5.41) is 13.1. The lowest BCUT2D eigenvalue weighted by atomic mass is 10.2. The Bertz CT molecular complexity index is 659. The fourth-order valence-electron chi connectivity index (χ4n) is 1.55. The van der Waals surface area contributed by atoms with Crippen molar-refractivity contribution < 1.29 is 4.79 Å². The molecule has 2 rings (SSSR count). The SMILES string of the molecule is CC(=O)Nc1cc(Nc2cccc(Br)n2)c(C=N)cn1. The second-order valence-electron chi connectivity index (χ2n) is 3.95. The van der Waals surface area contributed by atoms with Crippen LogP contribution in [0.1, 0.15) is 12.5 Å². The van der Waals surface area contributed by atoms with Gasteiger partial charge in [-0.2, -0.15) is 0 Å². The highest BCUT2D eigenvalue weighted by atomic mass is 79.9. The highest BCUT2D eigenvalue weighted by Gasteiger charge is 2.06. The smallest absolute Gasteiger partial charge is 0.222 e. The van der Waals surface area contributed by atoms with Crippen LogP contribution in [-0.2, 0) is 4.79 Å². The Labute approximate surface area is 124 Å². The average molecular weight is 334 g/mol. The highest BCUT2D eigenvalue weighted by molar-refractivity contribution is 9.10. The van der Waals surface area contributed by atoms with Gasteiger partial charge in [-0.05, 0) is 28.1 Å². The quantitative estimate of drug-likeness (QED) is 0.592. The molecule has 0 spiro atoms. The van der Waals surface area contributed by atoms with E-state index in [-0.39, 0.29) is 5.91 Å². The van der Waals surface area contributed by atoms with E-state index in [1.807, 2.05) is 12.1 Å². The molecule has 0 aliphatic heterocycles. The minimum atomic E-state index is -0.202. The van der Waals surface area contributed by atoms with Gasteiger partial charge in [-0.15, -0.1) is 0 Å². The van der Waals surface area contributed by atoms with Gasteiger partial charge in [0, 0.05) is 31.0 Å². The molecule has 20 heavy (non-hydrogen) atoms. The third kappa shape index (κ3) is 3.61. The van der Waals surface area contributed by atoms with Crippen molar-refractivity contribution in [2.45, 2.75) is 6.92 Å². The Morgan fingerprint density at radius 1 is 1.40 bits per heavy atom. The first-order chi connectivity index (χ1) is 9.58. The average Bonchev–Trinajstić information content (AvgIpc) is 2.38. The maximum atomic E-state index is 11.0. The van der Waals surface area contributed by atoms with E-state index < -0.39 is 0 Å². The molecule has 2 aromatic heterocycles. The van der Waals surface area contributed by atoms with Gasteiger partial charge in [-0.3, -0.25) is 4.79 Å². The molecule has 2 heterocycles. The minimum absolute atomic E-state index is 0.202. The van der Waals surface area contributed by atoms with E-state index >= 15 is 0 Å². The number of rotatable bonds is 4. The van der Waals surface area contributed by atoms with Gasteiger partial charge >= 0.3 is 0 Å². The standard InChI is InChI=1S/C13H12BrN5O/c1-8(20)17-13-5-10(9(6-15)7-16-13)18-12-4-2-3-11(14)19-12/h2-7,15H,1H3,(H2,16,17,18,19,20). The fraction of sp³-hybridized carbons (Fsp3) is 0.0769. The molecule has 0 aromatic carbocycles. The van der Waals surface area contributed by atoms with Crippen molar-refractivity contribution in [3.63, 3.8) is 0 Å². The molecular weight excluding hydrogens is 322 g/mol. The van der Waals surface area contributed by atoms with E-state index in [2.05, 4.69) is 36.5 Å². The topological polar surface area (TPSA) is 90.8 Å². The van der Waals surface area contributed by atoms with Crippen LogP contribution in [0.3, 0.4) is 0 Å². The summed E-state index contributed by atoms with van der Waals surface area (Å²) < 4.78 is 0.704. The molecule has 0 radical (unpaired) electrons. The normalized spacial score (nSPS) is 9.90. The van der Waals surface area contributed by atoms with Crippen LogP contribution in [0.4, 0.5) is 17.3 Å². The summed E-state index contributed by atoms with van der Waals surface area (Å²) in [6.07, 6.45) is 2.70. The Kier molecular flexibility index (Phi) is 4.41. The molecule has 7 heteroatoms. The van der Waals surface area contributed by atoms with Crippen molar-refractivity contribution >= 4 is 45.4 Å². The molecule has 0 saturated heterocycles. The van der Waals surface area contributed by atoms with Crippen molar-refractivity contribution in [3.05, 3.63) is 40.6 Å². The van der Waals surface area contributed by atoms with Gasteiger partial charge in [-0.1, -0.05) is 6.07 Å². The van der Waals surface area contributed by atoms with Crippen molar-refractivity contribution in [2.24, 2.45) is 0 Å². The molecule has 102 valence electrons. The summed E-state index contributed by atoms with van der Waals surface area (Å²) in [7, 11) is 0. The molecule has 3 N–H and O–H groups in total. The van der Waals surface area contributed by atoms with Gasteiger partial charge in [0.25, 0.3) is 0 Å². The summed E-state index contributed by atoms with van der Waals surface area (Å²) in [6, 6.07) is 7.12. The first-order valence-corrected chi connectivity index (χ1v) is 6.55. The van der Waals surface area contributed by atoms with Gasteiger partial charge in [-0.25, -0.2) is 9.97 Å². The highest BCUT2D eigenvalue weighted by Crippen LogP contribution is 2.22. The van der Waals surface area contributed by atoms with Gasteiger partial charge in [0.2, 0.25) is 5.91 Å². The lowest BCUT2D eigenvalue weighted by Gasteiger charge is -2.10. The van der Waals surface area contributed by atoms with E-state index in [0.29, 0.717) is 27.5 Å². The van der Waals surface area contributed by atoms with Gasteiger partial charge in [0.05, 0.1) is 5.69 Å². The Hall–Kier alpha value is -2.28. The predicted molar refractivity (Wildman–Crippen MR) is 81.6 cm³/mol. The van der Waals surface area contributed by atoms with Crippen LogP contribution in [0.2, 0.25) is 0 Å². The van der Waals surface area contributed by atoms with E-state index in [1.54, 1.807) is 12.1 Å². The molecule has 0 atom stereocenters. The lowest BCUT2D eigenvalue weighted by molar-refractivity contribution is -0.114. The zero-order valence-electron chi connectivity index (χ0n) is 10.6. The van der Waals surface area contributed by atoms with Crippen molar-refractivity contribution in [1.82, 2.24) is 9.97 Å². The number of nitrogens with zero attached hydrogens (tertiary/aromatic N) is 2. The molecule has 0 bridgehead atoms. The summed E-state index contributed by atoms with van der Waals surface area (Å²) in [6.45, 7) is 1.41. The van der Waals surface area contributed by atoms with E-state index in [9.17, 15) is 4.79 Å². The number of pyridine rings is 2. The number of aromatic nitrogens is 2. The van der Waals surface area contributed by atoms with Crippen LogP contribution in [0.25, 0.3) is 0 Å². The first-order valence-electron chi connectivity index (χ1n) is 5.76. The Morgan fingerprint density at radius 3 is 2.85 bits per heavy atom. The third-order valence-corrected chi connectivity index (χ3v) is 2.81. The van der Waals surface area contributed by atoms with Crippen LogP contribution in [0.5, 0.6) is 0 Å². The minimum Gasteiger partial charge on any atom is -0.340 e. The summed E-state index contributed by atoms with van der Waals surface area (Å²) in [5.41, 5.74) is 1.24. The zero-order chi connectivity index (χ0) is 14.5. The van der Waals surface area contributed by atoms with E-state index in [0.717, 1.165) is 0 Å². The van der Waals surface area contributed by atoms with Crippen molar-refractivity contribution in [2.75, 3.05) is 10.6 Å². The Morgan fingerprint density at radius 2 is 2.20 bits per heavy atom. The summed E-state index contributed by atoms with van der Waals surface area (Å²) >= 11 is 3.29.